The molecule has 2 N–H and O–H groups in total. The number of nitrogens with two attached hydrogens (primary N) is 1. The highest BCUT2D eigenvalue weighted by Gasteiger charge is 2.24. The van der Waals surface area contributed by atoms with Crippen LogP contribution in [0.1, 0.15) is 38.2 Å². The summed E-state index contributed by atoms with van der Waals surface area (Å²) < 4.78 is 0. The molecule has 2 atom stereocenters. The number of piperidine rings is 1. The first-order chi connectivity index (χ1) is 9.29. The minimum absolute atomic E-state index is 0.396. The largest absolute Gasteiger partial charge is 0.377 e. The number of likely N-dealkylation sites (tertiary alicyclic amines) is 1. The van der Waals surface area contributed by atoms with Crippen LogP contribution in [0.5, 0.6) is 0 Å². The molecular weight excluding hydrogens is 232 g/mol. The minimum Gasteiger partial charge on any atom is -0.377 e. The zero-order chi connectivity index (χ0) is 13.5. The number of benzene rings is 1. The second-order valence-corrected chi connectivity index (χ2v) is 5.58. The van der Waals surface area contributed by atoms with Crippen LogP contribution in [0.25, 0.3) is 6.08 Å². The molecule has 1 unspecified atom stereocenters. The summed E-state index contributed by atoms with van der Waals surface area (Å²) in [6, 6.07) is 10.9. The highest BCUT2D eigenvalue weighted by molar-refractivity contribution is 5.48. The van der Waals surface area contributed by atoms with Crippen molar-refractivity contribution in [1.82, 2.24) is 4.90 Å². The average molecular weight is 258 g/mol. The molecule has 0 spiro atoms. The van der Waals surface area contributed by atoms with Crippen molar-refractivity contribution in [1.29, 1.82) is 0 Å². The molecule has 1 fully saturated rings. The van der Waals surface area contributed by atoms with E-state index in [2.05, 4.69) is 54.4 Å². The highest BCUT2D eigenvalue weighted by Crippen LogP contribution is 2.21. The third-order valence-electron chi connectivity index (χ3n) is 4.03. The molecule has 2 rings (SSSR count). The molecule has 0 radical (unpaired) electrons. The first-order valence-corrected chi connectivity index (χ1v) is 7.52. The first kappa shape index (κ1) is 14.1. The summed E-state index contributed by atoms with van der Waals surface area (Å²) in [5.74, 6) is 0.661. The van der Waals surface area contributed by atoms with Crippen LogP contribution in [0.3, 0.4) is 0 Å². The van der Waals surface area contributed by atoms with Crippen molar-refractivity contribution in [3.8, 4) is 0 Å². The number of hydrogen-bond acceptors (Lipinski definition) is 2. The van der Waals surface area contributed by atoms with E-state index in [-0.39, 0.29) is 0 Å². The van der Waals surface area contributed by atoms with Gasteiger partial charge in [-0.2, -0.15) is 0 Å². The number of unbranched alkanes of at least 4 members (excludes halogenated alkanes) is 1. The van der Waals surface area contributed by atoms with Gasteiger partial charge in [0.1, 0.15) is 0 Å². The van der Waals surface area contributed by atoms with Crippen molar-refractivity contribution < 1.29 is 0 Å². The van der Waals surface area contributed by atoms with E-state index in [1.807, 2.05) is 0 Å². The van der Waals surface area contributed by atoms with E-state index in [0.29, 0.717) is 12.0 Å². The van der Waals surface area contributed by atoms with Gasteiger partial charge in [0.15, 0.2) is 0 Å². The predicted octanol–water partition coefficient (Wildman–Crippen LogP) is 3.50. The van der Waals surface area contributed by atoms with E-state index >= 15 is 0 Å². The second-order valence-electron chi connectivity index (χ2n) is 5.58. The van der Waals surface area contributed by atoms with Crippen molar-refractivity contribution in [3.05, 3.63) is 42.1 Å². The van der Waals surface area contributed by atoms with E-state index in [1.54, 1.807) is 0 Å². The van der Waals surface area contributed by atoms with Gasteiger partial charge in [0.2, 0.25) is 0 Å². The molecule has 1 aromatic rings. The Morgan fingerprint density at radius 1 is 1.32 bits per heavy atom. The van der Waals surface area contributed by atoms with Gasteiger partial charge in [0.05, 0.1) is 0 Å². The topological polar surface area (TPSA) is 29.3 Å². The SMILES string of the molecule is CCCCC1CN(C=Cc2ccccc2)CC[C@H]1N. The fourth-order valence-electron chi connectivity index (χ4n) is 2.74. The van der Waals surface area contributed by atoms with E-state index in [1.165, 1.54) is 24.8 Å². The van der Waals surface area contributed by atoms with Gasteiger partial charge in [-0.25, -0.2) is 0 Å². The van der Waals surface area contributed by atoms with Gasteiger partial charge in [-0.1, -0.05) is 50.1 Å². The van der Waals surface area contributed by atoms with Crippen LogP contribution in [0, 0.1) is 5.92 Å². The second kappa shape index (κ2) is 7.34. The Bertz CT molecular complexity index is 386. The van der Waals surface area contributed by atoms with Crippen molar-refractivity contribution in [2.75, 3.05) is 13.1 Å². The molecule has 1 heterocycles. The van der Waals surface area contributed by atoms with Gasteiger partial charge >= 0.3 is 0 Å². The maximum Gasteiger partial charge on any atom is 0.0215 e. The van der Waals surface area contributed by atoms with E-state index in [0.717, 1.165) is 19.5 Å². The van der Waals surface area contributed by atoms with Crippen molar-refractivity contribution in [3.63, 3.8) is 0 Å². The number of rotatable bonds is 5. The average Bonchev–Trinajstić information content (AvgIpc) is 2.46. The molecular formula is C17H26N2. The van der Waals surface area contributed by atoms with Gasteiger partial charge in [-0.05, 0) is 36.6 Å². The quantitative estimate of drug-likeness (QED) is 0.876. The van der Waals surface area contributed by atoms with Crippen molar-refractivity contribution in [2.45, 2.75) is 38.6 Å². The Balaban J connectivity index is 1.89. The minimum atomic E-state index is 0.396. The van der Waals surface area contributed by atoms with E-state index < -0.39 is 0 Å². The maximum atomic E-state index is 6.24. The lowest BCUT2D eigenvalue weighted by atomic mass is 9.88. The van der Waals surface area contributed by atoms with Crippen LogP contribution >= 0.6 is 0 Å². The molecule has 104 valence electrons. The molecule has 0 aromatic heterocycles. The Labute approximate surface area is 117 Å². The fraction of sp³-hybridized carbons (Fsp3) is 0.529. The Morgan fingerprint density at radius 2 is 2.11 bits per heavy atom. The lowest BCUT2D eigenvalue weighted by Gasteiger charge is -2.36. The normalized spacial score (nSPS) is 24.0. The van der Waals surface area contributed by atoms with Gasteiger partial charge in [0.25, 0.3) is 0 Å². The lowest BCUT2D eigenvalue weighted by molar-refractivity contribution is 0.196. The number of hydrogen-bond donors (Lipinski definition) is 1. The van der Waals surface area contributed by atoms with Gasteiger partial charge in [0, 0.05) is 19.1 Å². The molecule has 0 saturated carbocycles. The Morgan fingerprint density at radius 3 is 2.84 bits per heavy atom. The van der Waals surface area contributed by atoms with Crippen LogP contribution < -0.4 is 5.73 Å². The van der Waals surface area contributed by atoms with Crippen LogP contribution in [-0.4, -0.2) is 24.0 Å². The summed E-state index contributed by atoms with van der Waals surface area (Å²) >= 11 is 0. The molecule has 19 heavy (non-hydrogen) atoms. The maximum absolute atomic E-state index is 6.24. The predicted molar refractivity (Wildman–Crippen MR) is 82.7 cm³/mol. The summed E-state index contributed by atoms with van der Waals surface area (Å²) in [5.41, 5.74) is 7.50. The molecule has 2 heteroatoms. The zero-order valence-electron chi connectivity index (χ0n) is 12.0. The molecule has 2 nitrogen and oxygen atoms in total. The zero-order valence-corrected chi connectivity index (χ0v) is 12.0. The molecule has 0 bridgehead atoms. The molecule has 1 saturated heterocycles. The molecule has 0 aliphatic carbocycles. The molecule has 1 aliphatic rings. The van der Waals surface area contributed by atoms with Crippen LogP contribution in [0.15, 0.2) is 36.5 Å². The summed E-state index contributed by atoms with van der Waals surface area (Å²) in [5, 5.41) is 0. The summed E-state index contributed by atoms with van der Waals surface area (Å²) in [6.45, 7) is 4.46. The van der Waals surface area contributed by atoms with Crippen LogP contribution in [0.2, 0.25) is 0 Å². The summed E-state index contributed by atoms with van der Waals surface area (Å²) in [4.78, 5) is 2.43. The van der Waals surface area contributed by atoms with Gasteiger partial charge in [-0.15, -0.1) is 0 Å². The fourth-order valence-corrected chi connectivity index (χ4v) is 2.74. The van der Waals surface area contributed by atoms with Crippen LogP contribution in [0.4, 0.5) is 0 Å². The van der Waals surface area contributed by atoms with Crippen LogP contribution in [-0.2, 0) is 0 Å². The third-order valence-corrected chi connectivity index (χ3v) is 4.03. The van der Waals surface area contributed by atoms with Gasteiger partial charge < -0.3 is 10.6 Å². The number of nitrogens with zero attached hydrogens (tertiary/aromatic N) is 1. The first-order valence-electron chi connectivity index (χ1n) is 7.52. The molecule has 0 amide bonds. The van der Waals surface area contributed by atoms with Crippen molar-refractivity contribution in [2.24, 2.45) is 11.7 Å². The van der Waals surface area contributed by atoms with E-state index in [4.69, 9.17) is 5.73 Å². The van der Waals surface area contributed by atoms with Crippen molar-refractivity contribution >= 4 is 6.08 Å². The Kier molecular flexibility index (Phi) is 5.46. The smallest absolute Gasteiger partial charge is 0.0215 e. The lowest BCUT2D eigenvalue weighted by Crippen LogP contribution is -2.45. The standard InChI is InChI=1S/C17H26N2/c1-2-3-9-16-14-19(13-11-17(16)18)12-10-15-7-5-4-6-8-15/h4-8,10,12,16-17H,2-3,9,11,13-14,18H2,1H3/t16?,17-/m1/s1. The summed E-state index contributed by atoms with van der Waals surface area (Å²) in [7, 11) is 0. The van der Waals surface area contributed by atoms with E-state index in [9.17, 15) is 0 Å². The summed E-state index contributed by atoms with van der Waals surface area (Å²) in [6.07, 6.45) is 9.40. The van der Waals surface area contributed by atoms with Gasteiger partial charge in [-0.3, -0.25) is 0 Å². The monoisotopic (exact) mass is 258 g/mol. The highest BCUT2D eigenvalue weighted by atomic mass is 15.1. The molecule has 1 aliphatic heterocycles. The molecule has 1 aromatic carbocycles. The Hall–Kier alpha value is -1.28. The third kappa shape index (κ3) is 4.39.